The predicted octanol–water partition coefficient (Wildman–Crippen LogP) is 2.98. The lowest BCUT2D eigenvalue weighted by molar-refractivity contribution is 0.340. The Hall–Kier alpha value is -1.02. The summed E-state index contributed by atoms with van der Waals surface area (Å²) in [7, 11) is 0. The Morgan fingerprint density at radius 1 is 1.38 bits per heavy atom. The lowest BCUT2D eigenvalue weighted by atomic mass is 10.2. The van der Waals surface area contributed by atoms with Crippen molar-refractivity contribution >= 4 is 0 Å². The maximum Gasteiger partial charge on any atom is 0.119 e. The molecule has 1 aliphatic carbocycles. The second-order valence-electron chi connectivity index (χ2n) is 4.49. The fourth-order valence-electron chi connectivity index (χ4n) is 1.86. The molecule has 1 aliphatic rings. The van der Waals surface area contributed by atoms with Gasteiger partial charge in [-0.15, -0.1) is 0 Å². The van der Waals surface area contributed by atoms with Crippen LogP contribution in [0.15, 0.2) is 24.3 Å². The highest BCUT2D eigenvalue weighted by molar-refractivity contribution is 5.28. The second-order valence-corrected chi connectivity index (χ2v) is 4.49. The molecule has 16 heavy (non-hydrogen) atoms. The average molecular weight is 219 g/mol. The van der Waals surface area contributed by atoms with E-state index in [2.05, 4.69) is 23.5 Å². The molecule has 0 amide bonds. The van der Waals surface area contributed by atoms with Crippen LogP contribution in [0.2, 0.25) is 0 Å². The Kier molecular flexibility index (Phi) is 4.23. The van der Waals surface area contributed by atoms with Crippen LogP contribution in [0.1, 0.15) is 31.7 Å². The van der Waals surface area contributed by atoms with Gasteiger partial charge in [0.25, 0.3) is 0 Å². The van der Waals surface area contributed by atoms with Gasteiger partial charge in [0, 0.05) is 6.54 Å². The Balaban J connectivity index is 1.71. The molecule has 0 heterocycles. The molecule has 2 nitrogen and oxygen atoms in total. The first kappa shape index (κ1) is 11.5. The molecule has 1 fully saturated rings. The van der Waals surface area contributed by atoms with Crippen LogP contribution >= 0.6 is 0 Å². The van der Waals surface area contributed by atoms with Crippen LogP contribution in [-0.2, 0) is 6.54 Å². The highest BCUT2D eigenvalue weighted by Gasteiger charge is 2.19. The van der Waals surface area contributed by atoms with Crippen molar-refractivity contribution in [2.75, 3.05) is 13.2 Å². The summed E-state index contributed by atoms with van der Waals surface area (Å²) in [5, 5.41) is 3.49. The van der Waals surface area contributed by atoms with Gasteiger partial charge < -0.3 is 10.1 Å². The zero-order valence-electron chi connectivity index (χ0n) is 10.0. The van der Waals surface area contributed by atoms with E-state index in [4.69, 9.17) is 4.74 Å². The molecule has 0 spiro atoms. The molecular formula is C14H21NO. The van der Waals surface area contributed by atoms with E-state index in [1.54, 1.807) is 0 Å². The number of benzene rings is 1. The van der Waals surface area contributed by atoms with E-state index >= 15 is 0 Å². The van der Waals surface area contributed by atoms with Crippen molar-refractivity contribution in [3.8, 4) is 5.75 Å². The first-order valence-electron chi connectivity index (χ1n) is 6.31. The summed E-state index contributed by atoms with van der Waals surface area (Å²) in [4.78, 5) is 0. The monoisotopic (exact) mass is 219 g/mol. The van der Waals surface area contributed by atoms with Crippen molar-refractivity contribution < 1.29 is 4.74 Å². The number of hydrogen-bond acceptors (Lipinski definition) is 2. The van der Waals surface area contributed by atoms with Crippen LogP contribution in [0.4, 0.5) is 0 Å². The number of rotatable bonds is 7. The van der Waals surface area contributed by atoms with Crippen molar-refractivity contribution in [1.82, 2.24) is 5.32 Å². The highest BCUT2D eigenvalue weighted by atomic mass is 16.5. The average Bonchev–Trinajstić information content (AvgIpc) is 3.09. The molecule has 1 aromatic carbocycles. The maximum atomic E-state index is 5.47. The largest absolute Gasteiger partial charge is 0.494 e. The third-order valence-corrected chi connectivity index (χ3v) is 2.96. The van der Waals surface area contributed by atoms with Crippen LogP contribution in [0.5, 0.6) is 5.75 Å². The van der Waals surface area contributed by atoms with Crippen molar-refractivity contribution in [1.29, 1.82) is 0 Å². The van der Waals surface area contributed by atoms with Crippen LogP contribution in [0, 0.1) is 5.92 Å². The van der Waals surface area contributed by atoms with Crippen molar-refractivity contribution in [3.63, 3.8) is 0 Å². The summed E-state index contributed by atoms with van der Waals surface area (Å²) in [6, 6.07) is 8.33. The molecule has 0 saturated heterocycles. The fourth-order valence-corrected chi connectivity index (χ4v) is 1.86. The lowest BCUT2D eigenvalue weighted by Crippen LogP contribution is -2.15. The Morgan fingerprint density at radius 3 is 3.00 bits per heavy atom. The van der Waals surface area contributed by atoms with E-state index in [-0.39, 0.29) is 0 Å². The third-order valence-electron chi connectivity index (χ3n) is 2.96. The van der Waals surface area contributed by atoms with Crippen molar-refractivity contribution in [3.05, 3.63) is 29.8 Å². The SMILES string of the molecule is CCOc1cccc(CNCCC2CC2)c1. The summed E-state index contributed by atoms with van der Waals surface area (Å²) in [5.41, 5.74) is 1.31. The van der Waals surface area contributed by atoms with Gasteiger partial charge in [-0.3, -0.25) is 0 Å². The van der Waals surface area contributed by atoms with Gasteiger partial charge in [0.2, 0.25) is 0 Å². The lowest BCUT2D eigenvalue weighted by Gasteiger charge is -2.07. The quantitative estimate of drug-likeness (QED) is 0.712. The molecule has 0 unspecified atom stereocenters. The molecule has 1 saturated carbocycles. The summed E-state index contributed by atoms with van der Waals surface area (Å²) in [6.07, 6.45) is 4.23. The molecule has 1 N–H and O–H groups in total. The van der Waals surface area contributed by atoms with Crippen LogP contribution < -0.4 is 10.1 Å². The van der Waals surface area contributed by atoms with Gasteiger partial charge in [-0.2, -0.15) is 0 Å². The molecule has 88 valence electrons. The Bertz CT molecular complexity index is 320. The molecular weight excluding hydrogens is 198 g/mol. The molecule has 2 heteroatoms. The normalized spacial score (nSPS) is 15.1. The summed E-state index contributed by atoms with van der Waals surface area (Å²) < 4.78 is 5.47. The van der Waals surface area contributed by atoms with Crippen molar-refractivity contribution in [2.45, 2.75) is 32.7 Å². The Morgan fingerprint density at radius 2 is 2.25 bits per heavy atom. The molecule has 0 atom stereocenters. The second kappa shape index (κ2) is 5.90. The summed E-state index contributed by atoms with van der Waals surface area (Å²) in [5.74, 6) is 1.99. The zero-order valence-corrected chi connectivity index (χ0v) is 10.0. The summed E-state index contributed by atoms with van der Waals surface area (Å²) in [6.45, 7) is 4.84. The van der Waals surface area contributed by atoms with Gasteiger partial charge in [-0.05, 0) is 43.5 Å². The number of hydrogen-bond donors (Lipinski definition) is 1. The topological polar surface area (TPSA) is 21.3 Å². The highest BCUT2D eigenvalue weighted by Crippen LogP contribution is 2.31. The van der Waals surface area contributed by atoms with E-state index in [1.165, 1.54) is 24.8 Å². The van der Waals surface area contributed by atoms with Crippen LogP contribution in [-0.4, -0.2) is 13.2 Å². The van der Waals surface area contributed by atoms with Gasteiger partial charge in [0.05, 0.1) is 6.61 Å². The zero-order chi connectivity index (χ0) is 11.2. The first-order valence-corrected chi connectivity index (χ1v) is 6.31. The summed E-state index contributed by atoms with van der Waals surface area (Å²) >= 11 is 0. The number of ether oxygens (including phenoxy) is 1. The van der Waals surface area contributed by atoms with Crippen LogP contribution in [0.3, 0.4) is 0 Å². The smallest absolute Gasteiger partial charge is 0.119 e. The first-order chi connectivity index (χ1) is 7.88. The predicted molar refractivity (Wildman–Crippen MR) is 66.7 cm³/mol. The molecule has 1 aromatic rings. The van der Waals surface area contributed by atoms with Gasteiger partial charge in [0.15, 0.2) is 0 Å². The molecule has 2 rings (SSSR count). The van der Waals surface area contributed by atoms with Gasteiger partial charge in [0.1, 0.15) is 5.75 Å². The van der Waals surface area contributed by atoms with E-state index in [0.717, 1.165) is 31.4 Å². The molecule has 0 radical (unpaired) electrons. The minimum absolute atomic E-state index is 0.735. The van der Waals surface area contributed by atoms with Gasteiger partial charge >= 0.3 is 0 Å². The van der Waals surface area contributed by atoms with E-state index in [1.807, 2.05) is 13.0 Å². The molecule has 0 aromatic heterocycles. The van der Waals surface area contributed by atoms with E-state index in [0.29, 0.717) is 0 Å². The number of nitrogens with one attached hydrogen (secondary N) is 1. The fraction of sp³-hybridized carbons (Fsp3) is 0.571. The standard InChI is InChI=1S/C14H21NO/c1-2-16-14-5-3-4-13(10-14)11-15-9-8-12-6-7-12/h3-5,10,12,15H,2,6-9,11H2,1H3. The minimum atomic E-state index is 0.735. The molecule has 0 bridgehead atoms. The van der Waals surface area contributed by atoms with Crippen LogP contribution in [0.25, 0.3) is 0 Å². The van der Waals surface area contributed by atoms with Gasteiger partial charge in [-0.1, -0.05) is 25.0 Å². The van der Waals surface area contributed by atoms with E-state index in [9.17, 15) is 0 Å². The maximum absolute atomic E-state index is 5.47. The van der Waals surface area contributed by atoms with Gasteiger partial charge in [-0.25, -0.2) is 0 Å². The molecule has 0 aliphatic heterocycles. The van der Waals surface area contributed by atoms with E-state index < -0.39 is 0 Å². The Labute approximate surface area is 98.0 Å². The van der Waals surface area contributed by atoms with Crippen molar-refractivity contribution in [2.24, 2.45) is 5.92 Å². The third kappa shape index (κ3) is 3.86. The minimum Gasteiger partial charge on any atom is -0.494 e.